The Morgan fingerprint density at radius 1 is 1.08 bits per heavy atom. The van der Waals surface area contributed by atoms with Crippen molar-refractivity contribution in [2.75, 3.05) is 4.72 Å². The summed E-state index contributed by atoms with van der Waals surface area (Å²) in [5.74, 6) is -0.711. The Balaban J connectivity index is 1.88. The maximum atomic E-state index is 14.0. The molecular formula is C17H15FN2O2S2. The smallest absolute Gasteiger partial charge is 0.261 e. The highest BCUT2D eigenvalue weighted by atomic mass is 32.2. The summed E-state index contributed by atoms with van der Waals surface area (Å²) in [5, 5.41) is 10.4. The number of rotatable bonds is 4. The molecule has 7 heteroatoms. The monoisotopic (exact) mass is 362 g/mol. The Morgan fingerprint density at radius 3 is 2.54 bits per heavy atom. The lowest BCUT2D eigenvalue weighted by atomic mass is 9.92. The minimum Gasteiger partial charge on any atom is -0.277 e. The number of halogens is 1. The van der Waals surface area contributed by atoms with Crippen molar-refractivity contribution in [1.82, 2.24) is 0 Å². The summed E-state index contributed by atoms with van der Waals surface area (Å²) >= 11 is 0.816. The summed E-state index contributed by atoms with van der Waals surface area (Å²) in [7, 11) is -3.86. The second kappa shape index (κ2) is 6.83. The lowest BCUT2D eigenvalue weighted by Gasteiger charge is -2.17. The van der Waals surface area contributed by atoms with Gasteiger partial charge in [0.1, 0.15) is 11.2 Å². The summed E-state index contributed by atoms with van der Waals surface area (Å²) < 4.78 is 41.4. The van der Waals surface area contributed by atoms with Crippen LogP contribution in [-0.4, -0.2) is 8.42 Å². The maximum absolute atomic E-state index is 14.0. The van der Waals surface area contributed by atoms with E-state index in [2.05, 4.69) is 4.72 Å². The van der Waals surface area contributed by atoms with Crippen LogP contribution in [0.2, 0.25) is 0 Å². The van der Waals surface area contributed by atoms with Crippen LogP contribution >= 0.6 is 11.8 Å². The van der Waals surface area contributed by atoms with Crippen LogP contribution < -0.4 is 4.72 Å². The van der Waals surface area contributed by atoms with Gasteiger partial charge in [0.25, 0.3) is 10.0 Å². The molecule has 0 radical (unpaired) electrons. The fourth-order valence-corrected chi connectivity index (χ4v) is 4.30. The third kappa shape index (κ3) is 3.55. The van der Waals surface area contributed by atoms with E-state index in [-0.39, 0.29) is 10.6 Å². The van der Waals surface area contributed by atoms with Crippen molar-refractivity contribution in [3.63, 3.8) is 0 Å². The van der Waals surface area contributed by atoms with E-state index in [1.54, 1.807) is 12.1 Å². The zero-order chi connectivity index (χ0) is 17.2. The van der Waals surface area contributed by atoms with Gasteiger partial charge in [-0.05, 0) is 78.9 Å². The number of fused-ring (bicyclic) bond motifs is 1. The Morgan fingerprint density at radius 2 is 1.83 bits per heavy atom. The molecule has 0 fully saturated rings. The molecule has 0 amide bonds. The first kappa shape index (κ1) is 16.8. The summed E-state index contributed by atoms with van der Waals surface area (Å²) in [6.07, 6.45) is 4.01. The van der Waals surface area contributed by atoms with Crippen molar-refractivity contribution >= 4 is 27.5 Å². The quantitative estimate of drug-likeness (QED) is 0.657. The van der Waals surface area contributed by atoms with Gasteiger partial charge in [-0.15, -0.1) is 0 Å². The first-order valence-electron chi connectivity index (χ1n) is 7.50. The number of nitrogens with one attached hydrogen (secondary N) is 1. The summed E-state index contributed by atoms with van der Waals surface area (Å²) in [5.41, 5.74) is 2.10. The van der Waals surface area contributed by atoms with Crippen molar-refractivity contribution in [1.29, 1.82) is 5.26 Å². The molecule has 1 aliphatic carbocycles. The van der Waals surface area contributed by atoms with Gasteiger partial charge < -0.3 is 0 Å². The Kier molecular flexibility index (Phi) is 4.78. The van der Waals surface area contributed by atoms with Gasteiger partial charge in [-0.1, -0.05) is 6.07 Å². The van der Waals surface area contributed by atoms with Crippen molar-refractivity contribution in [3.05, 3.63) is 53.3 Å². The van der Waals surface area contributed by atoms with E-state index in [4.69, 9.17) is 5.26 Å². The second-order valence-corrected chi connectivity index (χ2v) is 8.12. The van der Waals surface area contributed by atoms with Crippen LogP contribution in [0.3, 0.4) is 0 Å². The number of nitrogens with zero attached hydrogens (tertiary/aromatic N) is 1. The van der Waals surface area contributed by atoms with E-state index >= 15 is 0 Å². The zero-order valence-corrected chi connectivity index (χ0v) is 14.4. The molecule has 2 aromatic rings. The van der Waals surface area contributed by atoms with Crippen LogP contribution in [0.5, 0.6) is 0 Å². The Bertz CT molecular complexity index is 921. The fraction of sp³-hybridized carbons (Fsp3) is 0.235. The van der Waals surface area contributed by atoms with Gasteiger partial charge in [-0.25, -0.2) is 12.8 Å². The normalized spacial score (nSPS) is 13.8. The molecule has 0 unspecified atom stereocenters. The molecule has 0 heterocycles. The molecular weight excluding hydrogens is 347 g/mol. The van der Waals surface area contributed by atoms with E-state index in [0.717, 1.165) is 49.1 Å². The highest BCUT2D eigenvalue weighted by Gasteiger charge is 2.19. The number of hydrogen-bond donors (Lipinski definition) is 1. The van der Waals surface area contributed by atoms with Crippen LogP contribution in [0, 0.1) is 16.5 Å². The summed E-state index contributed by atoms with van der Waals surface area (Å²) in [6, 6.07) is 9.04. The fourth-order valence-electron chi connectivity index (χ4n) is 2.78. The van der Waals surface area contributed by atoms with E-state index in [1.165, 1.54) is 17.7 Å². The van der Waals surface area contributed by atoms with Gasteiger partial charge in [0.05, 0.1) is 10.6 Å². The number of sulfonamides is 1. The average Bonchev–Trinajstić information content (AvgIpc) is 2.57. The molecule has 3 rings (SSSR count). The molecule has 4 nitrogen and oxygen atoms in total. The number of hydrogen-bond acceptors (Lipinski definition) is 4. The lowest BCUT2D eigenvalue weighted by Crippen LogP contribution is -2.15. The number of anilines is 1. The van der Waals surface area contributed by atoms with Gasteiger partial charge in [0.15, 0.2) is 0 Å². The van der Waals surface area contributed by atoms with Crippen molar-refractivity contribution in [2.24, 2.45) is 0 Å². The molecule has 2 aromatic carbocycles. The minimum atomic E-state index is -3.86. The van der Waals surface area contributed by atoms with E-state index in [0.29, 0.717) is 4.90 Å². The predicted molar refractivity (Wildman–Crippen MR) is 91.8 cm³/mol. The summed E-state index contributed by atoms with van der Waals surface area (Å²) in [6.45, 7) is 0. The third-order valence-electron chi connectivity index (χ3n) is 3.98. The van der Waals surface area contributed by atoms with Gasteiger partial charge in [-0.3, -0.25) is 4.72 Å². The van der Waals surface area contributed by atoms with Gasteiger partial charge in [-0.2, -0.15) is 5.26 Å². The molecule has 1 aliphatic rings. The topological polar surface area (TPSA) is 70.0 Å². The maximum Gasteiger partial charge on any atom is 0.261 e. The number of aryl methyl sites for hydroxylation is 2. The number of benzene rings is 2. The summed E-state index contributed by atoms with van der Waals surface area (Å²) in [4.78, 5) is 0.560. The number of thiocyanates is 1. The lowest BCUT2D eigenvalue weighted by molar-refractivity contribution is 0.597. The average molecular weight is 362 g/mol. The minimum absolute atomic E-state index is 0.130. The van der Waals surface area contributed by atoms with E-state index in [1.807, 2.05) is 11.5 Å². The molecule has 24 heavy (non-hydrogen) atoms. The zero-order valence-electron chi connectivity index (χ0n) is 12.8. The van der Waals surface area contributed by atoms with E-state index in [9.17, 15) is 12.8 Å². The van der Waals surface area contributed by atoms with Gasteiger partial charge >= 0.3 is 0 Å². The molecule has 0 saturated carbocycles. The highest BCUT2D eigenvalue weighted by Crippen LogP contribution is 2.27. The number of thioether (sulfide) groups is 1. The van der Waals surface area contributed by atoms with Gasteiger partial charge in [0, 0.05) is 4.90 Å². The van der Waals surface area contributed by atoms with Crippen molar-refractivity contribution < 1.29 is 12.8 Å². The van der Waals surface area contributed by atoms with Crippen LogP contribution in [-0.2, 0) is 22.9 Å². The van der Waals surface area contributed by atoms with Crippen LogP contribution in [0.4, 0.5) is 10.1 Å². The first-order valence-corrected chi connectivity index (χ1v) is 9.80. The van der Waals surface area contributed by atoms with E-state index < -0.39 is 15.8 Å². The third-order valence-corrected chi connectivity index (χ3v) is 5.92. The Hall–Kier alpha value is -2.04. The Labute approximate surface area is 144 Å². The number of nitriles is 1. The first-order chi connectivity index (χ1) is 11.5. The standard InChI is InChI=1S/C17H15FN2O2S2/c18-16-10-14(23-11-19)6-8-17(16)20-24(21,22)15-7-5-12-3-1-2-4-13(12)9-15/h5-10,20H,1-4H2. The molecule has 0 aromatic heterocycles. The largest absolute Gasteiger partial charge is 0.277 e. The predicted octanol–water partition coefficient (Wildman–Crippen LogP) is 4.08. The van der Waals surface area contributed by atoms with Crippen molar-refractivity contribution in [2.45, 2.75) is 35.5 Å². The van der Waals surface area contributed by atoms with Crippen LogP contribution in [0.25, 0.3) is 0 Å². The van der Waals surface area contributed by atoms with Crippen LogP contribution in [0.15, 0.2) is 46.2 Å². The molecule has 124 valence electrons. The molecule has 0 aliphatic heterocycles. The second-order valence-electron chi connectivity index (χ2n) is 5.58. The SMILES string of the molecule is N#CSc1ccc(NS(=O)(=O)c2ccc3c(c2)CCCC3)c(F)c1. The molecule has 0 spiro atoms. The molecule has 0 saturated heterocycles. The molecule has 1 N–H and O–H groups in total. The van der Waals surface area contributed by atoms with Gasteiger partial charge in [0.2, 0.25) is 0 Å². The highest BCUT2D eigenvalue weighted by molar-refractivity contribution is 8.03. The van der Waals surface area contributed by atoms with Crippen molar-refractivity contribution in [3.8, 4) is 5.40 Å². The van der Waals surface area contributed by atoms with Crippen LogP contribution in [0.1, 0.15) is 24.0 Å². The molecule has 0 atom stereocenters. The molecule has 0 bridgehead atoms.